The Balaban J connectivity index is 1.34. The predicted octanol–water partition coefficient (Wildman–Crippen LogP) is 3.01. The van der Waals surface area contributed by atoms with Crippen LogP contribution in [0.5, 0.6) is 17.2 Å². The van der Waals surface area contributed by atoms with Crippen LogP contribution < -0.4 is 24.8 Å². The van der Waals surface area contributed by atoms with Crippen molar-refractivity contribution in [3.8, 4) is 17.2 Å². The van der Waals surface area contributed by atoms with Crippen molar-refractivity contribution < 1.29 is 14.2 Å². The van der Waals surface area contributed by atoms with E-state index in [2.05, 4.69) is 44.8 Å². The Bertz CT molecular complexity index is 912. The fraction of sp³-hybridized carbons (Fsp3) is 0.480. The number of methoxy groups -OCH3 is 1. The summed E-state index contributed by atoms with van der Waals surface area (Å²) in [6.45, 7) is 4.99. The first-order valence-electron chi connectivity index (χ1n) is 11.5. The number of hydrogen-bond donors (Lipinski definition) is 2. The van der Waals surface area contributed by atoms with Crippen LogP contribution in [0.25, 0.3) is 0 Å². The van der Waals surface area contributed by atoms with Crippen molar-refractivity contribution >= 4 is 5.96 Å². The van der Waals surface area contributed by atoms with Crippen molar-refractivity contribution in [3.63, 3.8) is 0 Å². The Hall–Kier alpha value is -2.93. The molecule has 2 aromatic carbocycles. The zero-order valence-electron chi connectivity index (χ0n) is 19.1. The Morgan fingerprint density at radius 3 is 2.62 bits per heavy atom. The predicted molar refractivity (Wildman–Crippen MR) is 127 cm³/mol. The van der Waals surface area contributed by atoms with Gasteiger partial charge in [0.1, 0.15) is 19.0 Å². The van der Waals surface area contributed by atoms with Crippen molar-refractivity contribution in [3.05, 3.63) is 53.6 Å². The first kappa shape index (κ1) is 22.3. The molecule has 0 saturated carbocycles. The molecule has 7 nitrogen and oxygen atoms in total. The summed E-state index contributed by atoms with van der Waals surface area (Å²) in [4.78, 5) is 6.96. The Morgan fingerprint density at radius 1 is 1.06 bits per heavy atom. The molecule has 0 bridgehead atoms. The van der Waals surface area contributed by atoms with E-state index in [9.17, 15) is 0 Å². The van der Waals surface area contributed by atoms with Gasteiger partial charge in [-0.3, -0.25) is 9.89 Å². The number of aliphatic imine (C=N–C) groups is 1. The van der Waals surface area contributed by atoms with Gasteiger partial charge in [-0.15, -0.1) is 0 Å². The third kappa shape index (κ3) is 5.46. The highest BCUT2D eigenvalue weighted by Crippen LogP contribution is 2.32. The SMILES string of the molecule is CN=C(NCCc1ccc2c(c1)OCCO2)NCC(c1ccccc1OC)N1CCCC1. The highest BCUT2D eigenvalue weighted by Gasteiger charge is 2.26. The minimum atomic E-state index is 0.241. The number of fused-ring (bicyclic) bond motifs is 1. The quantitative estimate of drug-likeness (QED) is 0.488. The monoisotopic (exact) mass is 438 g/mol. The van der Waals surface area contributed by atoms with Gasteiger partial charge in [0.25, 0.3) is 0 Å². The maximum absolute atomic E-state index is 5.69. The Morgan fingerprint density at radius 2 is 1.84 bits per heavy atom. The molecule has 0 amide bonds. The molecule has 1 fully saturated rings. The number of nitrogens with one attached hydrogen (secondary N) is 2. The number of para-hydroxylation sites is 1. The molecule has 1 atom stereocenters. The zero-order valence-corrected chi connectivity index (χ0v) is 19.1. The van der Waals surface area contributed by atoms with Crippen LogP contribution in [0.2, 0.25) is 0 Å². The average Bonchev–Trinajstić information content (AvgIpc) is 3.38. The molecular weight excluding hydrogens is 404 g/mol. The first-order valence-corrected chi connectivity index (χ1v) is 11.5. The van der Waals surface area contributed by atoms with Gasteiger partial charge in [0.15, 0.2) is 17.5 Å². The number of guanidine groups is 1. The molecule has 2 aliphatic heterocycles. The number of benzene rings is 2. The molecule has 0 aliphatic carbocycles. The van der Waals surface area contributed by atoms with E-state index in [0.29, 0.717) is 13.2 Å². The van der Waals surface area contributed by atoms with Crippen molar-refractivity contribution in [1.29, 1.82) is 0 Å². The largest absolute Gasteiger partial charge is 0.496 e. The van der Waals surface area contributed by atoms with E-state index in [1.807, 2.05) is 25.2 Å². The lowest BCUT2D eigenvalue weighted by Gasteiger charge is -2.30. The molecule has 2 aromatic rings. The van der Waals surface area contributed by atoms with E-state index in [1.165, 1.54) is 24.0 Å². The smallest absolute Gasteiger partial charge is 0.191 e. The summed E-state index contributed by atoms with van der Waals surface area (Å²) < 4.78 is 16.9. The minimum Gasteiger partial charge on any atom is -0.496 e. The summed E-state index contributed by atoms with van der Waals surface area (Å²) in [5, 5.41) is 6.97. The average molecular weight is 439 g/mol. The second-order valence-electron chi connectivity index (χ2n) is 8.11. The van der Waals surface area contributed by atoms with E-state index in [0.717, 1.165) is 55.8 Å². The van der Waals surface area contributed by atoms with Gasteiger partial charge in [-0.05, 0) is 56.1 Å². The van der Waals surface area contributed by atoms with Crippen LogP contribution in [0.1, 0.15) is 30.0 Å². The molecule has 2 heterocycles. The van der Waals surface area contributed by atoms with Crippen molar-refractivity contribution in [2.45, 2.75) is 25.3 Å². The van der Waals surface area contributed by atoms with Crippen LogP contribution in [0.15, 0.2) is 47.5 Å². The van der Waals surface area contributed by atoms with E-state index in [4.69, 9.17) is 14.2 Å². The summed E-state index contributed by atoms with van der Waals surface area (Å²) in [7, 11) is 3.55. The van der Waals surface area contributed by atoms with Crippen LogP contribution in [0, 0.1) is 0 Å². The normalized spacial score (nSPS) is 17.1. The Labute approximate surface area is 190 Å². The maximum Gasteiger partial charge on any atom is 0.191 e. The lowest BCUT2D eigenvalue weighted by Crippen LogP contribution is -2.43. The molecule has 0 spiro atoms. The first-order chi connectivity index (χ1) is 15.8. The number of nitrogens with zero attached hydrogens (tertiary/aromatic N) is 2. The topological polar surface area (TPSA) is 67.4 Å². The van der Waals surface area contributed by atoms with Crippen molar-refractivity contribution in [2.75, 3.05) is 53.6 Å². The molecule has 2 N–H and O–H groups in total. The molecule has 2 aliphatic rings. The summed E-state index contributed by atoms with van der Waals surface area (Å²) in [5.74, 6) is 3.41. The number of rotatable bonds is 8. The fourth-order valence-electron chi connectivity index (χ4n) is 4.41. The van der Waals surface area contributed by atoms with Crippen molar-refractivity contribution in [1.82, 2.24) is 15.5 Å². The maximum atomic E-state index is 5.69. The van der Waals surface area contributed by atoms with E-state index in [-0.39, 0.29) is 6.04 Å². The van der Waals surface area contributed by atoms with E-state index < -0.39 is 0 Å². The third-order valence-corrected chi connectivity index (χ3v) is 6.08. The summed E-state index contributed by atoms with van der Waals surface area (Å²) in [5.41, 5.74) is 2.43. The molecule has 0 aromatic heterocycles. The molecule has 1 saturated heterocycles. The minimum absolute atomic E-state index is 0.241. The fourth-order valence-corrected chi connectivity index (χ4v) is 4.41. The van der Waals surface area contributed by atoms with Gasteiger partial charge in [-0.2, -0.15) is 0 Å². The lowest BCUT2D eigenvalue weighted by molar-refractivity contribution is 0.171. The molecule has 4 rings (SSSR count). The summed E-state index contributed by atoms with van der Waals surface area (Å²) in [6, 6.07) is 14.7. The molecule has 1 unspecified atom stereocenters. The number of likely N-dealkylation sites (tertiary alicyclic amines) is 1. The molecular formula is C25H34N4O3. The van der Waals surface area contributed by atoms with Crippen molar-refractivity contribution in [2.24, 2.45) is 4.99 Å². The van der Waals surface area contributed by atoms with E-state index >= 15 is 0 Å². The summed E-state index contributed by atoms with van der Waals surface area (Å²) >= 11 is 0. The second-order valence-corrected chi connectivity index (χ2v) is 8.11. The highest BCUT2D eigenvalue weighted by atomic mass is 16.6. The van der Waals surface area contributed by atoms with Crippen LogP contribution in [-0.4, -0.2) is 64.4 Å². The van der Waals surface area contributed by atoms with Gasteiger partial charge in [0.2, 0.25) is 0 Å². The van der Waals surface area contributed by atoms with Gasteiger partial charge in [-0.25, -0.2) is 0 Å². The standard InChI is InChI=1S/C25H34N4O3/c1-26-25(27-12-11-19-9-10-23-24(17-19)32-16-15-31-23)28-18-21(29-13-5-6-14-29)20-7-3-4-8-22(20)30-2/h3-4,7-10,17,21H,5-6,11-16,18H2,1-2H3,(H2,26,27,28). The van der Waals surface area contributed by atoms with Crippen LogP contribution in [0.3, 0.4) is 0 Å². The zero-order chi connectivity index (χ0) is 22.2. The van der Waals surface area contributed by atoms with Gasteiger partial charge in [0, 0.05) is 25.7 Å². The third-order valence-electron chi connectivity index (χ3n) is 6.08. The number of ether oxygens (including phenoxy) is 3. The molecule has 7 heteroatoms. The van der Waals surface area contributed by atoms with Crippen LogP contribution >= 0.6 is 0 Å². The summed E-state index contributed by atoms with van der Waals surface area (Å²) in [6.07, 6.45) is 3.36. The molecule has 32 heavy (non-hydrogen) atoms. The number of hydrogen-bond acceptors (Lipinski definition) is 5. The van der Waals surface area contributed by atoms with E-state index in [1.54, 1.807) is 7.11 Å². The van der Waals surface area contributed by atoms with Gasteiger partial charge < -0.3 is 24.8 Å². The highest BCUT2D eigenvalue weighted by molar-refractivity contribution is 5.79. The van der Waals surface area contributed by atoms with Gasteiger partial charge >= 0.3 is 0 Å². The lowest BCUT2D eigenvalue weighted by atomic mass is 10.0. The Kier molecular flexibility index (Phi) is 7.72. The van der Waals surface area contributed by atoms with Gasteiger partial charge in [0.05, 0.1) is 13.2 Å². The van der Waals surface area contributed by atoms with Crippen LogP contribution in [0.4, 0.5) is 0 Å². The van der Waals surface area contributed by atoms with Gasteiger partial charge in [-0.1, -0.05) is 24.3 Å². The molecule has 172 valence electrons. The van der Waals surface area contributed by atoms with Crippen LogP contribution in [-0.2, 0) is 6.42 Å². The second kappa shape index (κ2) is 11.1. The molecule has 0 radical (unpaired) electrons.